The van der Waals surface area contributed by atoms with Crippen LogP contribution in [0.2, 0.25) is 0 Å². The number of carbonyl (C=O) groups excluding carboxylic acids is 1. The first-order chi connectivity index (χ1) is 10.3. The third kappa shape index (κ3) is 3.49. The molecule has 0 atom stereocenters. The minimum Gasteiger partial charge on any atom is -0.345 e. The minimum absolute atomic E-state index is 0.0811. The van der Waals surface area contributed by atoms with Crippen LogP contribution in [0.15, 0.2) is 48.0 Å². The Kier molecular flexibility index (Phi) is 4.31. The van der Waals surface area contributed by atoms with Crippen LogP contribution < -0.4 is 4.90 Å². The number of rotatable bonds is 3. The van der Waals surface area contributed by atoms with Crippen LogP contribution in [0, 0.1) is 0 Å². The van der Waals surface area contributed by atoms with E-state index in [0.717, 1.165) is 36.9 Å². The highest BCUT2D eigenvalue weighted by atomic mass is 32.1. The van der Waals surface area contributed by atoms with Crippen molar-refractivity contribution in [3.05, 3.63) is 53.5 Å². The maximum atomic E-state index is 12.2. The van der Waals surface area contributed by atoms with Gasteiger partial charge in [0.2, 0.25) is 5.91 Å². The molecule has 1 saturated heterocycles. The monoisotopic (exact) mass is 299 g/mol. The topological polar surface area (TPSA) is 36.4 Å². The molecule has 5 heteroatoms. The average molecular weight is 299 g/mol. The summed E-state index contributed by atoms with van der Waals surface area (Å²) in [5, 5.41) is 3.03. The second-order valence-corrected chi connectivity index (χ2v) is 5.74. The lowest BCUT2D eigenvalue weighted by atomic mass is 10.2. The van der Waals surface area contributed by atoms with Crippen LogP contribution in [0.3, 0.4) is 0 Å². The minimum atomic E-state index is 0.0811. The van der Waals surface area contributed by atoms with Crippen molar-refractivity contribution < 1.29 is 4.79 Å². The molecule has 4 nitrogen and oxygen atoms in total. The molecule has 0 aliphatic carbocycles. The predicted molar refractivity (Wildman–Crippen MR) is 86.4 cm³/mol. The highest BCUT2D eigenvalue weighted by molar-refractivity contribution is 7.13. The van der Waals surface area contributed by atoms with E-state index in [1.54, 1.807) is 17.4 Å². The van der Waals surface area contributed by atoms with Crippen LogP contribution in [0.1, 0.15) is 5.56 Å². The molecule has 1 aliphatic rings. The zero-order valence-electron chi connectivity index (χ0n) is 11.7. The van der Waals surface area contributed by atoms with Gasteiger partial charge in [-0.05, 0) is 11.6 Å². The summed E-state index contributed by atoms with van der Waals surface area (Å²) in [6.45, 7) is 3.19. The summed E-state index contributed by atoms with van der Waals surface area (Å²) >= 11 is 1.64. The van der Waals surface area contributed by atoms with Crippen LogP contribution in [-0.2, 0) is 4.79 Å². The fraction of sp³-hybridized carbons (Fsp3) is 0.250. The van der Waals surface area contributed by atoms with Gasteiger partial charge in [0.15, 0.2) is 5.13 Å². The molecular weight excluding hydrogens is 282 g/mol. The Balaban J connectivity index is 1.54. The molecule has 108 valence electrons. The Morgan fingerprint density at radius 1 is 1.14 bits per heavy atom. The van der Waals surface area contributed by atoms with Crippen molar-refractivity contribution in [1.29, 1.82) is 0 Å². The van der Waals surface area contributed by atoms with E-state index in [1.165, 1.54) is 0 Å². The molecular formula is C16H17N3OS. The van der Waals surface area contributed by atoms with E-state index >= 15 is 0 Å². The third-order valence-electron chi connectivity index (χ3n) is 3.50. The molecule has 0 bridgehead atoms. The fourth-order valence-corrected chi connectivity index (χ4v) is 3.02. The summed E-state index contributed by atoms with van der Waals surface area (Å²) in [7, 11) is 0. The Labute approximate surface area is 128 Å². The maximum Gasteiger partial charge on any atom is 0.246 e. The van der Waals surface area contributed by atoms with Crippen molar-refractivity contribution in [3.63, 3.8) is 0 Å². The van der Waals surface area contributed by atoms with E-state index in [9.17, 15) is 4.79 Å². The first-order valence-electron chi connectivity index (χ1n) is 6.99. The zero-order valence-corrected chi connectivity index (χ0v) is 12.5. The number of amides is 1. The Morgan fingerprint density at radius 3 is 2.57 bits per heavy atom. The Bertz CT molecular complexity index is 602. The first kappa shape index (κ1) is 13.8. The van der Waals surface area contributed by atoms with Gasteiger partial charge < -0.3 is 9.80 Å². The number of nitrogens with zero attached hydrogens (tertiary/aromatic N) is 3. The number of benzene rings is 1. The largest absolute Gasteiger partial charge is 0.345 e. The van der Waals surface area contributed by atoms with Crippen LogP contribution in [0.4, 0.5) is 5.13 Å². The zero-order chi connectivity index (χ0) is 14.5. The number of hydrogen-bond acceptors (Lipinski definition) is 4. The van der Waals surface area contributed by atoms with Gasteiger partial charge in [0.25, 0.3) is 0 Å². The van der Waals surface area contributed by atoms with Crippen LogP contribution in [0.25, 0.3) is 6.08 Å². The predicted octanol–water partition coefficient (Wildman–Crippen LogP) is 2.51. The van der Waals surface area contributed by atoms with Crippen molar-refractivity contribution in [3.8, 4) is 0 Å². The van der Waals surface area contributed by atoms with Gasteiger partial charge >= 0.3 is 0 Å². The molecule has 2 heterocycles. The van der Waals surface area contributed by atoms with Gasteiger partial charge in [-0.15, -0.1) is 11.3 Å². The second-order valence-electron chi connectivity index (χ2n) is 4.87. The van der Waals surface area contributed by atoms with Crippen molar-refractivity contribution in [2.75, 3.05) is 31.1 Å². The summed E-state index contributed by atoms with van der Waals surface area (Å²) in [4.78, 5) is 20.6. The molecule has 0 N–H and O–H groups in total. The van der Waals surface area contributed by atoms with Crippen molar-refractivity contribution in [2.45, 2.75) is 0 Å². The normalized spacial score (nSPS) is 15.6. The summed E-state index contributed by atoms with van der Waals surface area (Å²) in [5.74, 6) is 0.0811. The van der Waals surface area contributed by atoms with Gasteiger partial charge in [-0.1, -0.05) is 30.3 Å². The summed E-state index contributed by atoms with van der Waals surface area (Å²) in [6.07, 6.45) is 5.35. The molecule has 1 amide bonds. The van der Waals surface area contributed by atoms with Gasteiger partial charge in [0, 0.05) is 43.8 Å². The van der Waals surface area contributed by atoms with E-state index in [-0.39, 0.29) is 5.91 Å². The van der Waals surface area contributed by atoms with E-state index in [1.807, 2.05) is 52.9 Å². The average Bonchev–Trinajstić information content (AvgIpc) is 3.08. The van der Waals surface area contributed by atoms with Crippen LogP contribution in [-0.4, -0.2) is 42.0 Å². The molecule has 1 aromatic heterocycles. The molecule has 3 rings (SSSR count). The molecule has 1 aromatic carbocycles. The number of piperazine rings is 1. The third-order valence-corrected chi connectivity index (χ3v) is 4.33. The highest BCUT2D eigenvalue weighted by Gasteiger charge is 2.20. The lowest BCUT2D eigenvalue weighted by Crippen LogP contribution is -2.48. The standard InChI is InChI=1S/C16H17N3OS/c20-15(7-6-14-4-2-1-3-5-14)18-9-11-19(12-10-18)16-17-8-13-21-16/h1-8,13H,9-12H2/b7-6+. The number of hydrogen-bond donors (Lipinski definition) is 0. The Morgan fingerprint density at radius 2 is 1.90 bits per heavy atom. The molecule has 1 fully saturated rings. The van der Waals surface area contributed by atoms with Gasteiger partial charge in [0.1, 0.15) is 0 Å². The second kappa shape index (κ2) is 6.54. The molecule has 0 radical (unpaired) electrons. The molecule has 1 aliphatic heterocycles. The van der Waals surface area contributed by atoms with E-state index in [0.29, 0.717) is 0 Å². The maximum absolute atomic E-state index is 12.2. The molecule has 21 heavy (non-hydrogen) atoms. The first-order valence-corrected chi connectivity index (χ1v) is 7.87. The van der Waals surface area contributed by atoms with Gasteiger partial charge in [0.05, 0.1) is 0 Å². The number of aromatic nitrogens is 1. The Hall–Kier alpha value is -2.14. The van der Waals surface area contributed by atoms with Crippen molar-refractivity contribution in [2.24, 2.45) is 0 Å². The van der Waals surface area contributed by atoms with E-state index < -0.39 is 0 Å². The van der Waals surface area contributed by atoms with Crippen LogP contribution >= 0.6 is 11.3 Å². The smallest absolute Gasteiger partial charge is 0.246 e. The fourth-order valence-electron chi connectivity index (χ4n) is 2.33. The molecule has 2 aromatic rings. The molecule has 0 unspecified atom stereocenters. The van der Waals surface area contributed by atoms with Crippen molar-refractivity contribution >= 4 is 28.5 Å². The summed E-state index contributed by atoms with van der Waals surface area (Å²) in [5.41, 5.74) is 1.05. The quantitative estimate of drug-likeness (QED) is 0.817. The summed E-state index contributed by atoms with van der Waals surface area (Å²) < 4.78 is 0. The van der Waals surface area contributed by atoms with Gasteiger partial charge in [-0.25, -0.2) is 4.98 Å². The molecule has 0 saturated carbocycles. The van der Waals surface area contributed by atoms with Gasteiger partial charge in [-0.2, -0.15) is 0 Å². The summed E-state index contributed by atoms with van der Waals surface area (Å²) in [6, 6.07) is 9.89. The molecule has 0 spiro atoms. The number of thiazole rings is 1. The van der Waals surface area contributed by atoms with E-state index in [2.05, 4.69) is 9.88 Å². The SMILES string of the molecule is O=C(/C=C/c1ccccc1)N1CCN(c2nccs2)CC1. The van der Waals surface area contributed by atoms with E-state index in [4.69, 9.17) is 0 Å². The number of anilines is 1. The van der Waals surface area contributed by atoms with Gasteiger partial charge in [-0.3, -0.25) is 4.79 Å². The van der Waals surface area contributed by atoms with Crippen LogP contribution in [0.5, 0.6) is 0 Å². The highest BCUT2D eigenvalue weighted by Crippen LogP contribution is 2.19. The number of carbonyl (C=O) groups is 1. The lowest BCUT2D eigenvalue weighted by molar-refractivity contribution is -0.126. The lowest BCUT2D eigenvalue weighted by Gasteiger charge is -2.34. The van der Waals surface area contributed by atoms with Crippen molar-refractivity contribution in [1.82, 2.24) is 9.88 Å².